The minimum absolute atomic E-state index is 0.440. The molecule has 2 unspecified atom stereocenters. The van der Waals surface area contributed by atoms with Crippen LogP contribution in [0, 0.1) is 11.3 Å². The molecular weight excluding hydrogens is 158 g/mol. The molecular formula is C12H27N. The first-order valence-corrected chi connectivity index (χ1v) is 5.58. The molecule has 0 amide bonds. The van der Waals surface area contributed by atoms with Gasteiger partial charge in [0.2, 0.25) is 0 Å². The van der Waals surface area contributed by atoms with E-state index < -0.39 is 0 Å². The minimum atomic E-state index is 0.440. The van der Waals surface area contributed by atoms with Crippen LogP contribution < -0.4 is 5.32 Å². The zero-order chi connectivity index (χ0) is 10.5. The maximum Gasteiger partial charge on any atom is 0.00946 e. The summed E-state index contributed by atoms with van der Waals surface area (Å²) in [4.78, 5) is 0. The fourth-order valence-corrected chi connectivity index (χ4v) is 1.90. The Morgan fingerprint density at radius 2 is 1.77 bits per heavy atom. The van der Waals surface area contributed by atoms with Crippen LogP contribution in [-0.2, 0) is 0 Å². The van der Waals surface area contributed by atoms with Crippen LogP contribution in [0.1, 0.15) is 53.9 Å². The standard InChI is InChI=1S/C12H27N/c1-7-8-10(2)11(13-6)9-12(3,4)5/h10-11,13H,7-9H2,1-6H3. The predicted octanol–water partition coefficient (Wildman–Crippen LogP) is 3.45. The van der Waals surface area contributed by atoms with Crippen molar-refractivity contribution in [3.63, 3.8) is 0 Å². The fourth-order valence-electron chi connectivity index (χ4n) is 1.90. The lowest BCUT2D eigenvalue weighted by Gasteiger charge is -2.30. The molecule has 0 aromatic carbocycles. The first kappa shape index (κ1) is 13.0. The summed E-state index contributed by atoms with van der Waals surface area (Å²) in [6.07, 6.45) is 3.90. The van der Waals surface area contributed by atoms with Gasteiger partial charge < -0.3 is 5.32 Å². The van der Waals surface area contributed by atoms with Gasteiger partial charge in [-0.05, 0) is 31.2 Å². The van der Waals surface area contributed by atoms with Gasteiger partial charge in [-0.2, -0.15) is 0 Å². The van der Waals surface area contributed by atoms with Crippen molar-refractivity contribution in [3.8, 4) is 0 Å². The van der Waals surface area contributed by atoms with E-state index in [1.807, 2.05) is 0 Å². The van der Waals surface area contributed by atoms with Gasteiger partial charge in [0, 0.05) is 6.04 Å². The van der Waals surface area contributed by atoms with Crippen LogP contribution in [0.2, 0.25) is 0 Å². The van der Waals surface area contributed by atoms with Crippen molar-refractivity contribution in [3.05, 3.63) is 0 Å². The molecule has 2 atom stereocenters. The fraction of sp³-hybridized carbons (Fsp3) is 1.00. The molecule has 0 aliphatic carbocycles. The van der Waals surface area contributed by atoms with Crippen LogP contribution in [0.3, 0.4) is 0 Å². The van der Waals surface area contributed by atoms with Crippen molar-refractivity contribution < 1.29 is 0 Å². The minimum Gasteiger partial charge on any atom is -0.317 e. The lowest BCUT2D eigenvalue weighted by atomic mass is 9.82. The molecule has 0 bridgehead atoms. The molecule has 0 spiro atoms. The second-order valence-electron chi connectivity index (χ2n) is 5.43. The van der Waals surface area contributed by atoms with Crippen LogP contribution in [0.15, 0.2) is 0 Å². The van der Waals surface area contributed by atoms with Crippen molar-refractivity contribution in [1.82, 2.24) is 5.32 Å². The van der Waals surface area contributed by atoms with Crippen molar-refractivity contribution in [1.29, 1.82) is 0 Å². The molecule has 0 radical (unpaired) electrons. The van der Waals surface area contributed by atoms with E-state index in [2.05, 4.69) is 47.0 Å². The van der Waals surface area contributed by atoms with E-state index in [4.69, 9.17) is 0 Å². The summed E-state index contributed by atoms with van der Waals surface area (Å²) in [6.45, 7) is 11.6. The highest BCUT2D eigenvalue weighted by molar-refractivity contribution is 4.77. The average molecular weight is 185 g/mol. The zero-order valence-corrected chi connectivity index (χ0v) is 10.3. The number of nitrogens with one attached hydrogen (secondary N) is 1. The summed E-state index contributed by atoms with van der Waals surface area (Å²) in [5, 5.41) is 3.44. The van der Waals surface area contributed by atoms with Gasteiger partial charge >= 0.3 is 0 Å². The van der Waals surface area contributed by atoms with E-state index in [-0.39, 0.29) is 0 Å². The van der Waals surface area contributed by atoms with Crippen LogP contribution in [0.4, 0.5) is 0 Å². The van der Waals surface area contributed by atoms with Crippen LogP contribution in [0.5, 0.6) is 0 Å². The Hall–Kier alpha value is -0.0400. The highest BCUT2D eigenvalue weighted by atomic mass is 14.9. The van der Waals surface area contributed by atoms with Gasteiger partial charge in [0.1, 0.15) is 0 Å². The van der Waals surface area contributed by atoms with Gasteiger partial charge in [-0.15, -0.1) is 0 Å². The van der Waals surface area contributed by atoms with Crippen LogP contribution >= 0.6 is 0 Å². The van der Waals surface area contributed by atoms with Crippen LogP contribution in [-0.4, -0.2) is 13.1 Å². The van der Waals surface area contributed by atoms with E-state index in [0.29, 0.717) is 11.5 Å². The molecule has 1 N–H and O–H groups in total. The third-order valence-corrected chi connectivity index (χ3v) is 2.63. The van der Waals surface area contributed by atoms with Crippen LogP contribution in [0.25, 0.3) is 0 Å². The highest BCUT2D eigenvalue weighted by Crippen LogP contribution is 2.25. The first-order chi connectivity index (χ1) is 5.90. The number of hydrogen-bond donors (Lipinski definition) is 1. The molecule has 0 fully saturated rings. The van der Waals surface area contributed by atoms with E-state index in [1.165, 1.54) is 19.3 Å². The molecule has 80 valence electrons. The SMILES string of the molecule is CCCC(C)C(CC(C)(C)C)NC. The molecule has 1 nitrogen and oxygen atoms in total. The van der Waals surface area contributed by atoms with Crippen molar-refractivity contribution in [2.24, 2.45) is 11.3 Å². The Morgan fingerprint density at radius 1 is 1.23 bits per heavy atom. The van der Waals surface area contributed by atoms with Gasteiger partial charge in [-0.25, -0.2) is 0 Å². The van der Waals surface area contributed by atoms with Gasteiger partial charge in [-0.3, -0.25) is 0 Å². The molecule has 13 heavy (non-hydrogen) atoms. The quantitative estimate of drug-likeness (QED) is 0.692. The lowest BCUT2D eigenvalue weighted by molar-refractivity contribution is 0.256. The molecule has 0 saturated carbocycles. The molecule has 0 aliphatic rings. The summed E-state index contributed by atoms with van der Waals surface area (Å²) in [6, 6.07) is 0.681. The highest BCUT2D eigenvalue weighted by Gasteiger charge is 2.21. The second-order valence-corrected chi connectivity index (χ2v) is 5.43. The van der Waals surface area contributed by atoms with E-state index in [1.54, 1.807) is 0 Å². The van der Waals surface area contributed by atoms with Gasteiger partial charge in [0.25, 0.3) is 0 Å². The summed E-state index contributed by atoms with van der Waals surface area (Å²) in [5.74, 6) is 0.800. The largest absolute Gasteiger partial charge is 0.317 e. The van der Waals surface area contributed by atoms with Crippen molar-refractivity contribution >= 4 is 0 Å². The maximum absolute atomic E-state index is 3.44. The van der Waals surface area contributed by atoms with E-state index in [9.17, 15) is 0 Å². The Balaban J connectivity index is 4.01. The van der Waals surface area contributed by atoms with Gasteiger partial charge in [-0.1, -0.05) is 41.0 Å². The predicted molar refractivity (Wildman–Crippen MR) is 61.0 cm³/mol. The van der Waals surface area contributed by atoms with Crippen molar-refractivity contribution in [2.75, 3.05) is 7.05 Å². The summed E-state index contributed by atoms with van der Waals surface area (Å²) >= 11 is 0. The smallest absolute Gasteiger partial charge is 0.00946 e. The third kappa shape index (κ3) is 6.09. The molecule has 0 rings (SSSR count). The zero-order valence-electron chi connectivity index (χ0n) is 10.3. The summed E-state index contributed by atoms with van der Waals surface area (Å²) in [5.41, 5.74) is 0.440. The molecule has 0 aromatic heterocycles. The molecule has 0 saturated heterocycles. The first-order valence-electron chi connectivity index (χ1n) is 5.58. The molecule has 0 heterocycles. The van der Waals surface area contributed by atoms with E-state index >= 15 is 0 Å². The van der Waals surface area contributed by atoms with Crippen molar-refractivity contribution in [2.45, 2.75) is 59.9 Å². The Labute approximate surface area is 84.3 Å². The maximum atomic E-state index is 3.44. The summed E-state index contributed by atoms with van der Waals surface area (Å²) < 4.78 is 0. The Kier molecular flexibility index (Phi) is 5.62. The van der Waals surface area contributed by atoms with Gasteiger partial charge in [0.15, 0.2) is 0 Å². The third-order valence-electron chi connectivity index (χ3n) is 2.63. The number of rotatable bonds is 5. The molecule has 0 aliphatic heterocycles. The average Bonchev–Trinajstić information content (AvgIpc) is 1.99. The molecule has 0 aromatic rings. The Morgan fingerprint density at radius 3 is 2.08 bits per heavy atom. The second kappa shape index (κ2) is 5.64. The normalized spacial score (nSPS) is 17.1. The molecule has 1 heteroatoms. The lowest BCUT2D eigenvalue weighted by Crippen LogP contribution is -2.35. The topological polar surface area (TPSA) is 12.0 Å². The van der Waals surface area contributed by atoms with E-state index in [0.717, 1.165) is 5.92 Å². The monoisotopic (exact) mass is 185 g/mol. The van der Waals surface area contributed by atoms with Gasteiger partial charge in [0.05, 0.1) is 0 Å². The number of hydrogen-bond acceptors (Lipinski definition) is 1. The Bertz CT molecular complexity index is 124. The summed E-state index contributed by atoms with van der Waals surface area (Å²) in [7, 11) is 2.09.